The number of benzene rings is 1. The molecule has 8 heteroatoms. The molecular formula is C23H26FN5O2. The van der Waals surface area contributed by atoms with Gasteiger partial charge < -0.3 is 20.2 Å². The van der Waals surface area contributed by atoms with Gasteiger partial charge in [0, 0.05) is 44.3 Å². The van der Waals surface area contributed by atoms with E-state index in [9.17, 15) is 14.3 Å². The van der Waals surface area contributed by atoms with Crippen LogP contribution in [0, 0.1) is 17.1 Å². The molecule has 1 aromatic carbocycles. The first-order valence-corrected chi connectivity index (χ1v) is 10.6. The molecule has 1 aromatic heterocycles. The first kappa shape index (κ1) is 21.2. The number of pyridine rings is 1. The lowest BCUT2D eigenvalue weighted by atomic mass is 10.1. The molecule has 3 heterocycles. The monoisotopic (exact) mass is 423 g/mol. The second-order valence-corrected chi connectivity index (χ2v) is 8.10. The van der Waals surface area contributed by atoms with Crippen LogP contribution in [0.25, 0.3) is 0 Å². The molecule has 0 radical (unpaired) electrons. The van der Waals surface area contributed by atoms with Crippen molar-refractivity contribution in [2.75, 3.05) is 31.1 Å². The highest BCUT2D eigenvalue weighted by Gasteiger charge is 2.41. The van der Waals surface area contributed by atoms with Crippen LogP contribution in [-0.4, -0.2) is 59.2 Å². The van der Waals surface area contributed by atoms with E-state index in [1.807, 2.05) is 11.0 Å². The molecular weight excluding hydrogens is 397 g/mol. The van der Waals surface area contributed by atoms with E-state index in [0.717, 1.165) is 24.2 Å². The van der Waals surface area contributed by atoms with Crippen molar-refractivity contribution in [1.82, 2.24) is 15.2 Å². The van der Waals surface area contributed by atoms with E-state index in [2.05, 4.69) is 21.3 Å². The fraction of sp³-hybridized carbons (Fsp3) is 0.435. The summed E-state index contributed by atoms with van der Waals surface area (Å²) < 4.78 is 13.1. The summed E-state index contributed by atoms with van der Waals surface area (Å²) in [4.78, 5) is 21.5. The summed E-state index contributed by atoms with van der Waals surface area (Å²) in [6.45, 7) is 1.64. The number of carbonyl (C=O) groups excluding carboxylic acids is 1. The summed E-state index contributed by atoms with van der Waals surface area (Å²) in [5, 5.41) is 21.8. The zero-order valence-electron chi connectivity index (χ0n) is 17.2. The Morgan fingerprint density at radius 3 is 2.52 bits per heavy atom. The molecule has 2 unspecified atom stereocenters. The van der Waals surface area contributed by atoms with E-state index < -0.39 is 0 Å². The van der Waals surface area contributed by atoms with E-state index in [4.69, 9.17) is 5.26 Å². The molecule has 2 saturated heterocycles. The number of amides is 1. The van der Waals surface area contributed by atoms with E-state index in [1.165, 1.54) is 12.1 Å². The predicted molar refractivity (Wildman–Crippen MR) is 114 cm³/mol. The number of aliphatic hydroxyl groups excluding tert-OH is 1. The Kier molecular flexibility index (Phi) is 6.44. The molecule has 2 aliphatic heterocycles. The molecule has 2 fully saturated rings. The van der Waals surface area contributed by atoms with E-state index in [-0.39, 0.29) is 36.5 Å². The highest BCUT2D eigenvalue weighted by molar-refractivity contribution is 5.77. The minimum atomic E-state index is -0.330. The Morgan fingerprint density at radius 2 is 1.94 bits per heavy atom. The van der Waals surface area contributed by atoms with E-state index >= 15 is 0 Å². The average Bonchev–Trinajstić information content (AvgIpc) is 3.06. The summed E-state index contributed by atoms with van der Waals surface area (Å²) in [6, 6.07) is 11.9. The van der Waals surface area contributed by atoms with Crippen LogP contribution in [0.15, 0.2) is 42.6 Å². The van der Waals surface area contributed by atoms with Crippen molar-refractivity contribution in [3.8, 4) is 6.07 Å². The number of aliphatic hydroxyl groups is 1. The highest BCUT2D eigenvalue weighted by Crippen LogP contribution is 2.34. The second-order valence-electron chi connectivity index (χ2n) is 8.10. The summed E-state index contributed by atoms with van der Waals surface area (Å²) in [7, 11) is 0. The Morgan fingerprint density at radius 1 is 1.23 bits per heavy atom. The van der Waals surface area contributed by atoms with Crippen molar-refractivity contribution in [3.05, 3.63) is 59.5 Å². The number of nitriles is 1. The number of likely N-dealkylation sites (tertiary alicyclic amines) is 1. The third-order valence-corrected chi connectivity index (χ3v) is 6.16. The van der Waals surface area contributed by atoms with E-state index in [0.29, 0.717) is 31.6 Å². The zero-order valence-corrected chi connectivity index (χ0v) is 17.2. The highest BCUT2D eigenvalue weighted by atomic mass is 19.1. The molecule has 162 valence electrons. The molecule has 2 aromatic rings. The number of halogens is 1. The van der Waals surface area contributed by atoms with Crippen LogP contribution in [0.4, 0.5) is 10.2 Å². The van der Waals surface area contributed by atoms with Crippen LogP contribution >= 0.6 is 0 Å². The summed E-state index contributed by atoms with van der Waals surface area (Å²) in [6.07, 6.45) is 3.97. The molecule has 2 N–H and O–H groups in total. The van der Waals surface area contributed by atoms with E-state index in [1.54, 1.807) is 24.4 Å². The fourth-order valence-corrected chi connectivity index (χ4v) is 4.58. The Labute approximate surface area is 181 Å². The van der Waals surface area contributed by atoms with Gasteiger partial charge in [0.2, 0.25) is 5.91 Å². The summed E-state index contributed by atoms with van der Waals surface area (Å²) in [5.41, 5.74) is 1.33. The second kappa shape index (κ2) is 9.41. The van der Waals surface area contributed by atoms with Crippen molar-refractivity contribution >= 4 is 11.7 Å². The molecule has 7 nitrogen and oxygen atoms in total. The van der Waals surface area contributed by atoms with Gasteiger partial charge in [-0.15, -0.1) is 0 Å². The van der Waals surface area contributed by atoms with Crippen molar-refractivity contribution in [1.29, 1.82) is 5.26 Å². The molecule has 3 atom stereocenters. The fourth-order valence-electron chi connectivity index (χ4n) is 4.58. The summed E-state index contributed by atoms with van der Waals surface area (Å²) >= 11 is 0. The normalized spacial score (nSPS) is 21.1. The van der Waals surface area contributed by atoms with Crippen molar-refractivity contribution < 1.29 is 14.3 Å². The molecule has 2 bridgehead atoms. The SMILES string of the molecule is N#Cc1ccc(N2C3CCC2CN(C(=O)CCN[C@@H](CO)c2ccc(F)cc2)C3)nc1. The number of piperazine rings is 1. The van der Waals surface area contributed by atoms with Gasteiger partial charge in [-0.2, -0.15) is 5.26 Å². The van der Waals surface area contributed by atoms with Gasteiger partial charge in [-0.25, -0.2) is 9.37 Å². The Balaban J connectivity index is 1.30. The van der Waals surface area contributed by atoms with Crippen molar-refractivity contribution in [2.45, 2.75) is 37.4 Å². The van der Waals surface area contributed by atoms with Gasteiger partial charge in [0.1, 0.15) is 17.7 Å². The number of nitrogens with one attached hydrogen (secondary N) is 1. The van der Waals surface area contributed by atoms with Crippen LogP contribution in [-0.2, 0) is 4.79 Å². The number of rotatable bonds is 7. The molecule has 0 spiro atoms. The lowest BCUT2D eigenvalue weighted by Gasteiger charge is -2.42. The largest absolute Gasteiger partial charge is 0.394 e. The lowest BCUT2D eigenvalue weighted by molar-refractivity contribution is -0.132. The number of hydrogen-bond donors (Lipinski definition) is 2. The Bertz CT molecular complexity index is 930. The van der Waals surface area contributed by atoms with Crippen molar-refractivity contribution in [2.24, 2.45) is 0 Å². The van der Waals surface area contributed by atoms with Crippen LogP contribution < -0.4 is 10.2 Å². The van der Waals surface area contributed by atoms with Gasteiger partial charge in [-0.05, 0) is 42.7 Å². The number of anilines is 1. The number of carbonyl (C=O) groups is 1. The maximum absolute atomic E-state index is 13.1. The standard InChI is InChI=1S/C23H26FN5O2/c24-18-4-2-17(3-5-18)21(15-30)26-10-9-23(31)28-13-19-6-7-20(14-28)29(19)22-8-1-16(11-25)12-27-22/h1-5,8,12,19-21,26,30H,6-7,9-10,13-15H2/t19?,20?,21-/m0/s1. The topological polar surface area (TPSA) is 92.5 Å². The van der Waals surface area contributed by atoms with Gasteiger partial charge in [0.05, 0.1) is 18.2 Å². The smallest absolute Gasteiger partial charge is 0.223 e. The van der Waals surface area contributed by atoms with Crippen LogP contribution in [0.1, 0.15) is 36.4 Å². The number of hydrogen-bond acceptors (Lipinski definition) is 6. The number of fused-ring (bicyclic) bond motifs is 2. The minimum absolute atomic E-state index is 0.0904. The van der Waals surface area contributed by atoms with Gasteiger partial charge in [-0.3, -0.25) is 4.79 Å². The molecule has 1 amide bonds. The van der Waals surface area contributed by atoms with Crippen molar-refractivity contribution in [3.63, 3.8) is 0 Å². The predicted octanol–water partition coefficient (Wildman–Crippen LogP) is 1.99. The zero-order chi connectivity index (χ0) is 21.8. The van der Waals surface area contributed by atoms with Gasteiger partial charge in [-0.1, -0.05) is 12.1 Å². The van der Waals surface area contributed by atoms with Crippen LogP contribution in [0.5, 0.6) is 0 Å². The first-order valence-electron chi connectivity index (χ1n) is 10.6. The quantitative estimate of drug-likeness (QED) is 0.708. The van der Waals surface area contributed by atoms with Gasteiger partial charge in [0.25, 0.3) is 0 Å². The molecule has 4 rings (SSSR count). The molecule has 31 heavy (non-hydrogen) atoms. The average molecular weight is 423 g/mol. The first-order chi connectivity index (χ1) is 15.1. The molecule has 0 aliphatic carbocycles. The molecule has 2 aliphatic rings. The minimum Gasteiger partial charge on any atom is -0.394 e. The third-order valence-electron chi connectivity index (χ3n) is 6.16. The maximum atomic E-state index is 13.1. The lowest BCUT2D eigenvalue weighted by Crippen LogP contribution is -2.56. The maximum Gasteiger partial charge on any atom is 0.223 e. The summed E-state index contributed by atoms with van der Waals surface area (Å²) in [5.74, 6) is 0.638. The number of aromatic nitrogens is 1. The Hall–Kier alpha value is -3.02. The number of nitrogens with zero attached hydrogens (tertiary/aromatic N) is 4. The van der Waals surface area contributed by atoms with Crippen LogP contribution in [0.2, 0.25) is 0 Å². The van der Waals surface area contributed by atoms with Gasteiger partial charge >= 0.3 is 0 Å². The van der Waals surface area contributed by atoms with Gasteiger partial charge in [0.15, 0.2) is 0 Å². The third kappa shape index (κ3) is 4.68. The van der Waals surface area contributed by atoms with Crippen LogP contribution in [0.3, 0.4) is 0 Å². The molecule has 0 saturated carbocycles.